The molecule has 0 saturated carbocycles. The monoisotopic (exact) mass is 402 g/mol. The fourth-order valence-corrected chi connectivity index (χ4v) is 4.23. The number of hydrogen-bond donors (Lipinski definition) is 0. The average molecular weight is 402 g/mol. The van der Waals surface area contributed by atoms with Crippen molar-refractivity contribution < 1.29 is 44.8 Å². The third-order valence-electron chi connectivity index (χ3n) is 2.94. The van der Waals surface area contributed by atoms with Gasteiger partial charge in [0.05, 0.1) is 0 Å². The Balaban J connectivity index is 3.13. The quantitative estimate of drug-likeness (QED) is 0.219. The fraction of sp³-hybridized carbons (Fsp3) is 0.533. The molecule has 0 atom stereocenters. The predicted octanol–water partition coefficient (Wildman–Crippen LogP) is 3.51. The Labute approximate surface area is 148 Å². The molecule has 1 aromatic carbocycles. The first-order valence-corrected chi connectivity index (χ1v) is 9.48. The number of halogens is 5. The minimum atomic E-state index is -3.61. The van der Waals surface area contributed by atoms with Gasteiger partial charge in [0, 0.05) is 19.3 Å². The van der Waals surface area contributed by atoms with Gasteiger partial charge in [-0.25, -0.2) is 26.7 Å². The second kappa shape index (κ2) is 8.89. The van der Waals surface area contributed by atoms with Crippen LogP contribution in [0.25, 0.3) is 0 Å². The Hall–Kier alpha value is -1.56. The van der Waals surface area contributed by atoms with E-state index in [1.165, 1.54) is 7.11 Å². The molecule has 0 spiro atoms. The molecule has 0 amide bonds. The molecule has 0 aliphatic heterocycles. The van der Waals surface area contributed by atoms with Crippen molar-refractivity contribution in [1.29, 1.82) is 0 Å². The van der Waals surface area contributed by atoms with E-state index in [0.717, 1.165) is 0 Å². The van der Waals surface area contributed by atoms with Crippen molar-refractivity contribution in [3.8, 4) is 0 Å². The zero-order valence-electron chi connectivity index (χ0n) is 14.8. The maximum atomic E-state index is 13.7. The maximum Gasteiger partial charge on any atom is 0.540 e. The van der Waals surface area contributed by atoms with Crippen LogP contribution in [0, 0.1) is 29.1 Å². The molecule has 148 valence electrons. The molecule has 0 aliphatic rings. The molecule has 0 fully saturated rings. The van der Waals surface area contributed by atoms with E-state index in [1.807, 2.05) is 0 Å². The molecule has 0 aromatic heterocycles. The van der Waals surface area contributed by atoms with Gasteiger partial charge in [0.25, 0.3) is 0 Å². The summed E-state index contributed by atoms with van der Waals surface area (Å²) >= 11 is 0. The normalized spacial score (nSPS) is 12.2. The molecular formula is C15H19F5O5Si. The number of ether oxygens (including phenoxy) is 1. The van der Waals surface area contributed by atoms with Crippen LogP contribution in [-0.4, -0.2) is 40.3 Å². The highest BCUT2D eigenvalue weighted by atomic mass is 28.4. The maximum absolute atomic E-state index is 13.7. The molecule has 5 nitrogen and oxygen atoms in total. The molecule has 11 heteroatoms. The summed E-state index contributed by atoms with van der Waals surface area (Å²) in [6.45, 7) is 6.60. The van der Waals surface area contributed by atoms with Crippen molar-refractivity contribution in [3.05, 3.63) is 34.6 Å². The van der Waals surface area contributed by atoms with E-state index < -0.39 is 67.9 Å². The van der Waals surface area contributed by atoms with Crippen molar-refractivity contribution in [2.75, 3.05) is 13.3 Å². The Morgan fingerprint density at radius 2 is 1.23 bits per heavy atom. The Morgan fingerprint density at radius 3 is 1.58 bits per heavy atom. The molecule has 26 heavy (non-hydrogen) atoms. The SMILES string of the molecule is CO[Si](COC(=O)c1c(F)c(F)c(F)c(F)c1F)(OC(C)C)OC(C)C. The summed E-state index contributed by atoms with van der Waals surface area (Å²) in [5.74, 6) is -13.2. The highest BCUT2D eigenvalue weighted by molar-refractivity contribution is 6.60. The van der Waals surface area contributed by atoms with Crippen LogP contribution >= 0.6 is 0 Å². The number of hydrogen-bond acceptors (Lipinski definition) is 5. The van der Waals surface area contributed by atoms with Gasteiger partial charge in [-0.05, 0) is 27.7 Å². The van der Waals surface area contributed by atoms with Gasteiger partial charge in [-0.1, -0.05) is 0 Å². The molecule has 0 unspecified atom stereocenters. The van der Waals surface area contributed by atoms with Crippen molar-refractivity contribution >= 4 is 14.8 Å². The van der Waals surface area contributed by atoms with Crippen LogP contribution in [0.5, 0.6) is 0 Å². The van der Waals surface area contributed by atoms with Crippen molar-refractivity contribution in [2.45, 2.75) is 39.9 Å². The molecule has 0 saturated heterocycles. The van der Waals surface area contributed by atoms with Gasteiger partial charge in [-0.15, -0.1) is 0 Å². The third kappa shape index (κ3) is 4.99. The van der Waals surface area contributed by atoms with Crippen molar-refractivity contribution in [2.24, 2.45) is 0 Å². The van der Waals surface area contributed by atoms with Crippen molar-refractivity contribution in [3.63, 3.8) is 0 Å². The fourth-order valence-electron chi connectivity index (χ4n) is 1.98. The zero-order valence-corrected chi connectivity index (χ0v) is 15.8. The Bertz CT molecular complexity index is 629. The lowest BCUT2D eigenvalue weighted by atomic mass is 10.1. The van der Waals surface area contributed by atoms with E-state index in [1.54, 1.807) is 27.7 Å². The van der Waals surface area contributed by atoms with E-state index in [-0.39, 0.29) is 0 Å². The molecule has 0 bridgehead atoms. The number of rotatable bonds is 8. The van der Waals surface area contributed by atoms with E-state index in [2.05, 4.69) is 0 Å². The highest BCUT2D eigenvalue weighted by Crippen LogP contribution is 2.24. The molecular weight excluding hydrogens is 383 g/mol. The van der Waals surface area contributed by atoms with Gasteiger partial charge >= 0.3 is 14.8 Å². The van der Waals surface area contributed by atoms with E-state index in [0.29, 0.717) is 0 Å². The first-order chi connectivity index (χ1) is 12.0. The van der Waals surface area contributed by atoms with E-state index in [4.69, 9.17) is 18.0 Å². The lowest BCUT2D eigenvalue weighted by Gasteiger charge is -2.31. The highest BCUT2D eigenvalue weighted by Gasteiger charge is 2.45. The number of carbonyl (C=O) groups is 1. The van der Waals surface area contributed by atoms with Crippen LogP contribution in [-0.2, 0) is 18.0 Å². The van der Waals surface area contributed by atoms with Crippen molar-refractivity contribution in [1.82, 2.24) is 0 Å². The smallest absolute Gasteiger partial charge is 0.457 e. The molecule has 0 N–H and O–H groups in total. The Morgan fingerprint density at radius 1 is 0.846 bits per heavy atom. The summed E-state index contributed by atoms with van der Waals surface area (Å²) in [6, 6.07) is 0. The summed E-state index contributed by atoms with van der Waals surface area (Å²) in [6.07, 6.45) is -1.50. The molecule has 1 rings (SSSR count). The van der Waals surface area contributed by atoms with Gasteiger partial charge in [-0.2, -0.15) is 0 Å². The van der Waals surface area contributed by atoms with Crippen LogP contribution in [0.2, 0.25) is 0 Å². The summed E-state index contributed by atoms with van der Waals surface area (Å²) < 4.78 is 87.8. The van der Waals surface area contributed by atoms with Gasteiger partial charge in [-0.3, -0.25) is 0 Å². The summed E-state index contributed by atoms with van der Waals surface area (Å²) in [5.41, 5.74) is -1.70. The second-order valence-electron chi connectivity index (χ2n) is 5.74. The molecule has 0 heterocycles. The first kappa shape index (κ1) is 22.5. The molecule has 1 aromatic rings. The minimum absolute atomic E-state index is 0.409. The van der Waals surface area contributed by atoms with Crippen LogP contribution < -0.4 is 0 Å². The standard InChI is InChI=1S/C15H19F5O5Si/c1-7(2)24-26(22-5,25-8(3)4)6-23-15(21)9-10(16)12(18)14(20)13(19)11(9)17/h7-8H,6H2,1-5H3. The third-order valence-corrected chi connectivity index (χ3v) is 5.72. The van der Waals surface area contributed by atoms with Gasteiger partial charge in [0.1, 0.15) is 5.56 Å². The number of benzene rings is 1. The molecule has 0 aliphatic carbocycles. The van der Waals surface area contributed by atoms with Crippen LogP contribution in [0.3, 0.4) is 0 Å². The Kier molecular flexibility index (Phi) is 7.68. The summed E-state index contributed by atoms with van der Waals surface area (Å²) in [7, 11) is -2.39. The number of esters is 1. The van der Waals surface area contributed by atoms with Crippen LogP contribution in [0.4, 0.5) is 22.0 Å². The topological polar surface area (TPSA) is 54.0 Å². The lowest BCUT2D eigenvalue weighted by molar-refractivity contribution is 0.00352. The lowest BCUT2D eigenvalue weighted by Crippen LogP contribution is -2.53. The summed E-state index contributed by atoms with van der Waals surface area (Å²) in [4.78, 5) is 11.9. The van der Waals surface area contributed by atoms with Gasteiger partial charge < -0.3 is 18.0 Å². The minimum Gasteiger partial charge on any atom is -0.457 e. The molecule has 0 radical (unpaired) electrons. The second-order valence-corrected chi connectivity index (χ2v) is 8.28. The zero-order chi connectivity index (χ0) is 20.2. The number of carbonyl (C=O) groups excluding carboxylic acids is 1. The van der Waals surface area contributed by atoms with Gasteiger partial charge in [0.2, 0.25) is 5.82 Å². The van der Waals surface area contributed by atoms with Gasteiger partial charge in [0.15, 0.2) is 29.5 Å². The van der Waals surface area contributed by atoms with Crippen LogP contribution in [0.15, 0.2) is 0 Å². The van der Waals surface area contributed by atoms with Crippen LogP contribution in [0.1, 0.15) is 38.1 Å². The van der Waals surface area contributed by atoms with E-state index in [9.17, 15) is 26.7 Å². The first-order valence-electron chi connectivity index (χ1n) is 7.55. The largest absolute Gasteiger partial charge is 0.540 e. The average Bonchev–Trinajstić information content (AvgIpc) is 2.55. The predicted molar refractivity (Wildman–Crippen MR) is 81.7 cm³/mol. The summed E-state index contributed by atoms with van der Waals surface area (Å²) in [5, 5.41) is 0. The van der Waals surface area contributed by atoms with E-state index >= 15 is 0 Å².